The van der Waals surface area contributed by atoms with Crippen LogP contribution in [0.2, 0.25) is 0 Å². The molecule has 10 rings (SSSR count). The zero-order valence-electron chi connectivity index (χ0n) is 53.2. The molecule has 0 radical (unpaired) electrons. The summed E-state index contributed by atoms with van der Waals surface area (Å²) in [7, 11) is 1.49. The highest BCUT2D eigenvalue weighted by Gasteiger charge is 2.48. The van der Waals surface area contributed by atoms with Crippen LogP contribution in [0, 0.1) is 11.6 Å². The highest BCUT2D eigenvalue weighted by molar-refractivity contribution is 7.98. The number of rotatable bonds is 10. The second-order valence-corrected chi connectivity index (χ2v) is 26.7. The molecule has 9 amide bonds. The van der Waals surface area contributed by atoms with E-state index in [1.165, 1.54) is 86.4 Å². The molecule has 4 aliphatic rings. The SMILES string of the molecule is COc1ccc(C[C@@H]2NC(=O)[C@H](CCC(=O)O)NC(=O)[C@@H]3C[C@H](N)CN3C(=O)[C@H](Cc3c[nH]c4ccc(F)cc34)NC(=O)[C@H](Cc3c[nH]c4ccc(F)cc34)NC(=O)[C@@H](C)NC(=O)[C@H](C)NC(=O)CCSCc3ccc(cc3)CSCCNC(=O)[C@]3(C)CCCN3C2=O)cc1. The molecular weight excluding hydrogens is 1270 g/mol. The van der Waals surface area contributed by atoms with Crippen LogP contribution in [0.3, 0.4) is 0 Å². The summed E-state index contributed by atoms with van der Waals surface area (Å²) in [4.78, 5) is 151. The van der Waals surface area contributed by atoms with E-state index in [0.29, 0.717) is 80.1 Å². The third-order valence-electron chi connectivity index (χ3n) is 17.5. The van der Waals surface area contributed by atoms with Crippen LogP contribution in [0.15, 0.2) is 97.3 Å². The monoisotopic (exact) mass is 1350 g/mol. The number of nitrogens with zero attached hydrogens (tertiary/aromatic N) is 2. The number of thioether (sulfide) groups is 2. The Bertz CT molecular complexity index is 3820. The highest BCUT2D eigenvalue weighted by atomic mass is 32.2. The molecule has 2 aromatic heterocycles. The van der Waals surface area contributed by atoms with Gasteiger partial charge in [0.15, 0.2) is 0 Å². The van der Waals surface area contributed by atoms with Crippen molar-refractivity contribution in [3.05, 3.63) is 137 Å². The van der Waals surface area contributed by atoms with Crippen molar-refractivity contribution in [3.63, 3.8) is 0 Å². The van der Waals surface area contributed by atoms with E-state index in [0.717, 1.165) is 16.0 Å². The first-order chi connectivity index (χ1) is 45.5. The smallest absolute Gasteiger partial charge is 0.303 e. The first-order valence-corrected chi connectivity index (χ1v) is 33.8. The van der Waals surface area contributed by atoms with Crippen molar-refractivity contribution < 1.29 is 66.6 Å². The molecule has 95 heavy (non-hydrogen) atoms. The number of carbonyl (C=O) groups excluding carboxylic acids is 9. The number of carbonyl (C=O) groups is 10. The van der Waals surface area contributed by atoms with Gasteiger partial charge in [0.25, 0.3) is 0 Å². The van der Waals surface area contributed by atoms with Gasteiger partial charge in [-0.05, 0) is 123 Å². The molecule has 2 fully saturated rings. The van der Waals surface area contributed by atoms with E-state index in [1.54, 1.807) is 43.0 Å². The first-order valence-electron chi connectivity index (χ1n) is 31.5. The van der Waals surface area contributed by atoms with Gasteiger partial charge >= 0.3 is 5.97 Å². The predicted octanol–water partition coefficient (Wildman–Crippen LogP) is 3.77. The fourth-order valence-electron chi connectivity index (χ4n) is 12.1. The van der Waals surface area contributed by atoms with Crippen LogP contribution in [0.1, 0.15) is 87.1 Å². The van der Waals surface area contributed by atoms with Crippen LogP contribution in [-0.4, -0.2) is 176 Å². The van der Waals surface area contributed by atoms with Crippen LogP contribution < -0.4 is 47.7 Å². The van der Waals surface area contributed by atoms with E-state index in [2.05, 4.69) is 47.2 Å². The highest BCUT2D eigenvalue weighted by Crippen LogP contribution is 2.32. The molecule has 9 atom stereocenters. The van der Waals surface area contributed by atoms with Crippen molar-refractivity contribution in [2.45, 2.75) is 144 Å². The Labute approximate surface area is 555 Å². The molecule has 4 aromatic carbocycles. The van der Waals surface area contributed by atoms with Gasteiger partial charge in [0.1, 0.15) is 65.2 Å². The van der Waals surface area contributed by atoms with Gasteiger partial charge < -0.3 is 72.6 Å². The maximum Gasteiger partial charge on any atom is 0.303 e. The largest absolute Gasteiger partial charge is 0.497 e. The molecular formula is C67H80F2N12O12S2. The number of nitrogens with one attached hydrogen (secondary N) is 9. The Morgan fingerprint density at radius 3 is 1.82 bits per heavy atom. The summed E-state index contributed by atoms with van der Waals surface area (Å²) >= 11 is 3.13. The van der Waals surface area contributed by atoms with Crippen LogP contribution in [0.25, 0.3) is 21.8 Å². The van der Waals surface area contributed by atoms with E-state index in [-0.39, 0.29) is 51.7 Å². The molecule has 28 heteroatoms. The van der Waals surface area contributed by atoms with Gasteiger partial charge in [0, 0.05) is 115 Å². The fraction of sp³-hybridized carbons (Fsp3) is 0.433. The lowest BCUT2D eigenvalue weighted by Gasteiger charge is -2.36. The molecule has 2 bridgehead atoms. The van der Waals surface area contributed by atoms with Gasteiger partial charge in [-0.1, -0.05) is 36.4 Å². The minimum atomic E-state index is -1.64. The molecule has 0 aliphatic carbocycles. The van der Waals surface area contributed by atoms with Crippen LogP contribution in [0.5, 0.6) is 5.75 Å². The van der Waals surface area contributed by atoms with Crippen LogP contribution >= 0.6 is 23.5 Å². The van der Waals surface area contributed by atoms with E-state index >= 15 is 14.4 Å². The van der Waals surface area contributed by atoms with Crippen LogP contribution in [-0.2, 0) is 78.7 Å². The quantitative estimate of drug-likeness (QED) is 0.0870. The van der Waals surface area contributed by atoms with Crippen molar-refractivity contribution in [1.82, 2.24) is 57.0 Å². The lowest BCUT2D eigenvalue weighted by molar-refractivity contribution is -0.147. The number of amides is 9. The van der Waals surface area contributed by atoms with E-state index in [4.69, 9.17) is 10.5 Å². The summed E-state index contributed by atoms with van der Waals surface area (Å²) in [5.41, 5.74) is 9.55. The van der Waals surface area contributed by atoms with Crippen LogP contribution in [0.4, 0.5) is 8.78 Å². The second-order valence-electron chi connectivity index (χ2n) is 24.5. The number of H-pyrrole nitrogens is 2. The first kappa shape index (κ1) is 70.3. The fourth-order valence-corrected chi connectivity index (χ4v) is 13.8. The average Bonchev–Trinajstić information content (AvgIpc) is 1.71. The van der Waals surface area contributed by atoms with Gasteiger partial charge in [-0.3, -0.25) is 47.9 Å². The van der Waals surface area contributed by atoms with E-state index in [1.807, 2.05) is 24.3 Å². The number of ether oxygens (including phenoxy) is 1. The van der Waals surface area contributed by atoms with Crippen molar-refractivity contribution in [2.75, 3.05) is 38.2 Å². The van der Waals surface area contributed by atoms with Gasteiger partial charge in [0.05, 0.1) is 7.11 Å². The molecule has 6 heterocycles. The number of nitrogens with two attached hydrogens (primary N) is 1. The molecule has 24 nitrogen and oxygen atoms in total. The molecule has 12 N–H and O–H groups in total. The van der Waals surface area contributed by atoms with Crippen molar-refractivity contribution in [3.8, 4) is 5.75 Å². The second kappa shape index (κ2) is 31.9. The molecule has 506 valence electrons. The number of hydrogen-bond donors (Lipinski definition) is 11. The Balaban J connectivity index is 1.04. The summed E-state index contributed by atoms with van der Waals surface area (Å²) < 4.78 is 35.2. The Kier molecular flexibility index (Phi) is 23.6. The van der Waals surface area contributed by atoms with Gasteiger partial charge in [-0.25, -0.2) is 8.78 Å². The minimum absolute atomic E-state index is 0.0864. The predicted molar refractivity (Wildman–Crippen MR) is 354 cm³/mol. The maximum absolute atomic E-state index is 15.5. The number of carboxylic acid groups (broad SMARTS) is 1. The Hall–Kier alpha value is -9.02. The van der Waals surface area contributed by atoms with E-state index in [9.17, 15) is 47.4 Å². The van der Waals surface area contributed by atoms with E-state index < -0.39 is 137 Å². The summed E-state index contributed by atoms with van der Waals surface area (Å²) in [5, 5.41) is 29.8. The topological polar surface area (TPSA) is 348 Å². The Morgan fingerprint density at radius 2 is 1.21 bits per heavy atom. The number of aromatic amines is 2. The zero-order chi connectivity index (χ0) is 68.1. The number of benzene rings is 4. The summed E-state index contributed by atoms with van der Waals surface area (Å²) in [6, 6.07) is 11.7. The zero-order valence-corrected chi connectivity index (χ0v) is 54.8. The third-order valence-corrected chi connectivity index (χ3v) is 19.5. The van der Waals surface area contributed by atoms with Crippen molar-refractivity contribution in [1.29, 1.82) is 0 Å². The molecule has 2 saturated heterocycles. The van der Waals surface area contributed by atoms with Gasteiger partial charge in [-0.15, -0.1) is 0 Å². The minimum Gasteiger partial charge on any atom is -0.497 e. The summed E-state index contributed by atoms with van der Waals surface area (Å²) in [5.74, 6) is -6.49. The molecule has 0 saturated carbocycles. The number of hydrogen-bond acceptors (Lipinski definition) is 14. The molecule has 0 spiro atoms. The third kappa shape index (κ3) is 18.1. The van der Waals surface area contributed by atoms with Gasteiger partial charge in [-0.2, -0.15) is 23.5 Å². The number of fused-ring (bicyclic) bond motifs is 31. The number of halogens is 2. The number of methoxy groups -OCH3 is 1. The van der Waals surface area contributed by atoms with Gasteiger partial charge in [0.2, 0.25) is 53.2 Å². The maximum atomic E-state index is 15.5. The number of carboxylic acids is 1. The lowest BCUT2D eigenvalue weighted by Crippen LogP contribution is -2.62. The van der Waals surface area contributed by atoms with Crippen molar-refractivity contribution >= 4 is 104 Å². The number of aromatic nitrogens is 2. The molecule has 6 aromatic rings. The Morgan fingerprint density at radius 1 is 0.663 bits per heavy atom. The molecule has 0 unspecified atom stereocenters. The average molecular weight is 1350 g/mol. The normalized spacial score (nSPS) is 24.9. The summed E-state index contributed by atoms with van der Waals surface area (Å²) in [6.07, 6.45) is 1.82. The lowest BCUT2D eigenvalue weighted by atomic mass is 9.95. The van der Waals surface area contributed by atoms with Crippen molar-refractivity contribution in [2.24, 2.45) is 5.73 Å². The summed E-state index contributed by atoms with van der Waals surface area (Å²) in [6.45, 7) is 4.66. The molecule has 4 aliphatic heterocycles. The number of aliphatic carboxylic acids is 1. The standard InChI is InChI=1S/C67H80F2N12O12S2/c1-37-59(85)75-38(2)60(86)77-53(27-42-32-72-50-16-12-44(68)29-48(42)50)62(88)79-55(28-43-33-73-51-17-13-45(69)30-49(43)51)64(90)80-34-46(70)31-56(80)63(89)76-52(18-19-58(83)84)61(87)78-54(26-39-10-14-47(93-4)15-11-39)65(91)81-23-5-21-67(81,3)66(92)71-22-25-95-36-41-8-6-40(7-9-41)35-94-24-20-57(82)74-37/h6-17,29-30,32-33,37-38,46,52-56,72-73H,5,18-28,31,34-36,70H2,1-4H3,(H,71,92)(H,74,82)(H,75,85)(H,76,89)(H,77,86)(H,78,87)(H,79,88)(H,83,84)/t37-,38+,46-,52-,53-,54-,55-,56-,67-/m0/s1.